The number of carboxylic acid groups (broad SMARTS) is 1. The molecule has 0 atom stereocenters. The van der Waals surface area contributed by atoms with Crippen LogP contribution in [0.2, 0.25) is 0 Å². The van der Waals surface area contributed by atoms with Gasteiger partial charge >= 0.3 is 5.97 Å². The molecule has 0 amide bonds. The summed E-state index contributed by atoms with van der Waals surface area (Å²) in [7, 11) is 0. The van der Waals surface area contributed by atoms with Crippen LogP contribution in [0.5, 0.6) is 5.75 Å². The van der Waals surface area contributed by atoms with Gasteiger partial charge in [0.05, 0.1) is 12.1 Å². The van der Waals surface area contributed by atoms with Crippen molar-refractivity contribution in [2.45, 2.75) is 64.2 Å². The number of carbonyl (C=O) groups is 1. The summed E-state index contributed by atoms with van der Waals surface area (Å²) in [4.78, 5) is 16.3. The molecular weight excluding hydrogens is 390 g/mol. The van der Waals surface area contributed by atoms with Crippen LogP contribution in [0.15, 0.2) is 53.7 Å². The smallest absolute Gasteiger partial charge is 0.307 e. The Labute approximate surface area is 185 Å². The van der Waals surface area contributed by atoms with Crippen molar-refractivity contribution in [1.29, 1.82) is 0 Å². The first-order chi connectivity index (χ1) is 15.2. The lowest BCUT2D eigenvalue weighted by molar-refractivity contribution is -0.136. The normalized spacial score (nSPS) is 15.3. The number of oxime groups is 1. The number of carboxylic acids is 1. The topological polar surface area (TPSA) is 68.1 Å². The van der Waals surface area contributed by atoms with Gasteiger partial charge < -0.3 is 14.7 Å². The summed E-state index contributed by atoms with van der Waals surface area (Å²) in [6.07, 6.45) is 8.80. The van der Waals surface area contributed by atoms with E-state index < -0.39 is 5.97 Å². The summed E-state index contributed by atoms with van der Waals surface area (Å²) in [5.41, 5.74) is 4.18. The van der Waals surface area contributed by atoms with Crippen LogP contribution in [0.1, 0.15) is 74.5 Å². The highest BCUT2D eigenvalue weighted by Crippen LogP contribution is 2.31. The maximum absolute atomic E-state index is 10.8. The zero-order valence-corrected chi connectivity index (χ0v) is 18.4. The van der Waals surface area contributed by atoms with E-state index in [2.05, 4.69) is 36.3 Å². The summed E-state index contributed by atoms with van der Waals surface area (Å²) in [6, 6.07) is 15.9. The molecule has 1 N–H and O–H groups in total. The molecule has 1 aliphatic rings. The first-order valence-electron chi connectivity index (χ1n) is 11.4. The van der Waals surface area contributed by atoms with Crippen LogP contribution in [-0.4, -0.2) is 30.0 Å². The first kappa shape index (κ1) is 22.9. The minimum Gasteiger partial charge on any atom is -0.490 e. The molecule has 2 aromatic carbocycles. The minimum absolute atomic E-state index is 0.0165. The third-order valence-corrected chi connectivity index (χ3v) is 5.78. The molecule has 0 radical (unpaired) electrons. The number of aliphatic carboxylic acids is 1. The van der Waals surface area contributed by atoms with Crippen molar-refractivity contribution in [2.75, 3.05) is 13.2 Å². The molecule has 1 saturated carbocycles. The van der Waals surface area contributed by atoms with Crippen LogP contribution < -0.4 is 4.74 Å². The van der Waals surface area contributed by atoms with Gasteiger partial charge in [-0.15, -0.1) is 0 Å². The lowest BCUT2D eigenvalue weighted by Crippen LogP contribution is -2.07. The standard InChI is InChI=1S/C26H33NO4/c1-2-25(23-14-12-22(13-15-23)21-9-5-3-4-6-10-21)27-31-17-16-30-24-11-7-8-20(18-24)19-26(28)29/h7-8,11-15,18,21H,2-6,9-10,16-17,19H2,1H3,(H,28,29)/b27-25+. The molecule has 5 heteroatoms. The van der Waals surface area contributed by atoms with E-state index in [0.717, 1.165) is 17.7 Å². The van der Waals surface area contributed by atoms with Crippen LogP contribution in [0.3, 0.4) is 0 Å². The molecule has 166 valence electrons. The van der Waals surface area contributed by atoms with Gasteiger partial charge in [0.2, 0.25) is 0 Å². The molecule has 1 fully saturated rings. The van der Waals surface area contributed by atoms with Gasteiger partial charge in [-0.25, -0.2) is 0 Å². The molecule has 1 aliphatic carbocycles. The van der Waals surface area contributed by atoms with Crippen molar-refractivity contribution in [3.63, 3.8) is 0 Å². The van der Waals surface area contributed by atoms with Crippen molar-refractivity contribution in [3.05, 3.63) is 65.2 Å². The zero-order chi connectivity index (χ0) is 21.9. The number of hydrogen-bond acceptors (Lipinski definition) is 4. The van der Waals surface area contributed by atoms with Gasteiger partial charge in [-0.1, -0.05) is 74.2 Å². The van der Waals surface area contributed by atoms with E-state index in [1.54, 1.807) is 18.2 Å². The largest absolute Gasteiger partial charge is 0.490 e. The van der Waals surface area contributed by atoms with E-state index in [9.17, 15) is 4.79 Å². The van der Waals surface area contributed by atoms with E-state index in [4.69, 9.17) is 14.7 Å². The van der Waals surface area contributed by atoms with Crippen molar-refractivity contribution in [2.24, 2.45) is 5.16 Å². The quantitative estimate of drug-likeness (QED) is 0.221. The lowest BCUT2D eigenvalue weighted by atomic mass is 9.91. The van der Waals surface area contributed by atoms with E-state index >= 15 is 0 Å². The lowest BCUT2D eigenvalue weighted by Gasteiger charge is -2.15. The van der Waals surface area contributed by atoms with Crippen LogP contribution in [0, 0.1) is 0 Å². The molecule has 0 aliphatic heterocycles. The van der Waals surface area contributed by atoms with Crippen molar-refractivity contribution in [1.82, 2.24) is 0 Å². The van der Waals surface area contributed by atoms with E-state index in [0.29, 0.717) is 30.4 Å². The van der Waals surface area contributed by atoms with Crippen molar-refractivity contribution in [3.8, 4) is 5.75 Å². The second-order valence-electron chi connectivity index (χ2n) is 8.10. The average molecular weight is 424 g/mol. The highest BCUT2D eigenvalue weighted by molar-refractivity contribution is 6.00. The zero-order valence-electron chi connectivity index (χ0n) is 18.4. The fraction of sp³-hybridized carbons (Fsp3) is 0.462. The van der Waals surface area contributed by atoms with Crippen LogP contribution in [-0.2, 0) is 16.1 Å². The van der Waals surface area contributed by atoms with E-state index in [1.807, 2.05) is 6.07 Å². The van der Waals surface area contributed by atoms with Gasteiger partial charge in [0.15, 0.2) is 6.61 Å². The van der Waals surface area contributed by atoms with E-state index in [-0.39, 0.29) is 6.42 Å². The molecule has 0 spiro atoms. The molecule has 2 aromatic rings. The predicted octanol–water partition coefficient (Wildman–Crippen LogP) is 5.96. The predicted molar refractivity (Wildman–Crippen MR) is 123 cm³/mol. The summed E-state index contributed by atoms with van der Waals surface area (Å²) in [5.74, 6) is 0.473. The molecule has 0 saturated heterocycles. The van der Waals surface area contributed by atoms with Crippen molar-refractivity contribution < 1.29 is 19.5 Å². The Morgan fingerprint density at radius 1 is 1.03 bits per heavy atom. The van der Waals surface area contributed by atoms with Gasteiger partial charge in [-0.3, -0.25) is 4.79 Å². The van der Waals surface area contributed by atoms with Gasteiger partial charge in [0.1, 0.15) is 12.4 Å². The Balaban J connectivity index is 1.48. The van der Waals surface area contributed by atoms with Gasteiger partial charge in [0.25, 0.3) is 0 Å². The number of nitrogens with zero attached hydrogens (tertiary/aromatic N) is 1. The summed E-state index contributed by atoms with van der Waals surface area (Å²) >= 11 is 0. The average Bonchev–Trinajstić information content (AvgIpc) is 3.06. The highest BCUT2D eigenvalue weighted by Gasteiger charge is 2.14. The number of ether oxygens (including phenoxy) is 1. The van der Waals surface area contributed by atoms with E-state index in [1.165, 1.54) is 44.1 Å². The Morgan fingerprint density at radius 2 is 1.77 bits per heavy atom. The van der Waals surface area contributed by atoms with Crippen LogP contribution in [0.4, 0.5) is 0 Å². The maximum Gasteiger partial charge on any atom is 0.307 e. The Kier molecular flexibility index (Phi) is 8.95. The second-order valence-corrected chi connectivity index (χ2v) is 8.10. The Bertz CT molecular complexity index is 852. The monoisotopic (exact) mass is 423 g/mol. The van der Waals surface area contributed by atoms with Gasteiger partial charge in [0, 0.05) is 0 Å². The van der Waals surface area contributed by atoms with Gasteiger partial charge in [-0.05, 0) is 54.0 Å². The molecule has 0 heterocycles. The maximum atomic E-state index is 10.8. The Hall–Kier alpha value is -2.82. The summed E-state index contributed by atoms with van der Waals surface area (Å²) in [5, 5.41) is 13.2. The number of benzene rings is 2. The Morgan fingerprint density at radius 3 is 2.45 bits per heavy atom. The SMILES string of the molecule is CC/C(=N\OCCOc1cccc(CC(=O)O)c1)c1ccc(C2CCCCCC2)cc1. The van der Waals surface area contributed by atoms with Crippen molar-refractivity contribution >= 4 is 11.7 Å². The molecule has 0 unspecified atom stereocenters. The third kappa shape index (κ3) is 7.42. The summed E-state index contributed by atoms with van der Waals surface area (Å²) in [6.45, 7) is 2.75. The molecule has 0 bridgehead atoms. The molecule has 0 aromatic heterocycles. The fourth-order valence-electron chi connectivity index (χ4n) is 4.12. The molecule has 5 nitrogen and oxygen atoms in total. The third-order valence-electron chi connectivity index (χ3n) is 5.78. The minimum atomic E-state index is -0.857. The molecule has 3 rings (SSSR count). The van der Waals surface area contributed by atoms with Crippen LogP contribution >= 0.6 is 0 Å². The summed E-state index contributed by atoms with van der Waals surface area (Å²) < 4.78 is 5.66. The number of hydrogen-bond donors (Lipinski definition) is 1. The fourth-order valence-corrected chi connectivity index (χ4v) is 4.12. The van der Waals surface area contributed by atoms with Crippen LogP contribution in [0.25, 0.3) is 0 Å². The number of rotatable bonds is 10. The molecular formula is C26H33NO4. The van der Waals surface area contributed by atoms with Gasteiger partial charge in [-0.2, -0.15) is 0 Å². The highest BCUT2D eigenvalue weighted by atomic mass is 16.6. The second kappa shape index (κ2) is 12.1. The molecule has 31 heavy (non-hydrogen) atoms. The first-order valence-corrected chi connectivity index (χ1v) is 11.4.